The SMILES string of the molecule is COc1ccc(N(C)C(=O)NC(C(=O)O)c2ccccc2)cc1[N+](=O)[O-]. The Morgan fingerprint density at radius 2 is 1.88 bits per heavy atom. The third-order valence-corrected chi connectivity index (χ3v) is 3.70. The van der Waals surface area contributed by atoms with Gasteiger partial charge in [0.15, 0.2) is 11.8 Å². The third-order valence-electron chi connectivity index (χ3n) is 3.70. The minimum Gasteiger partial charge on any atom is -0.490 e. The second kappa shape index (κ2) is 7.97. The van der Waals surface area contributed by atoms with Gasteiger partial charge in [0.1, 0.15) is 0 Å². The highest BCUT2D eigenvalue weighted by molar-refractivity contribution is 5.94. The van der Waals surface area contributed by atoms with E-state index in [2.05, 4.69) is 5.32 Å². The van der Waals surface area contributed by atoms with Crippen molar-refractivity contribution in [3.05, 3.63) is 64.2 Å². The van der Waals surface area contributed by atoms with Gasteiger partial charge in [-0.2, -0.15) is 0 Å². The molecule has 2 amide bonds. The Kier molecular flexibility index (Phi) is 5.74. The number of ether oxygens (including phenoxy) is 1. The number of rotatable bonds is 6. The van der Waals surface area contributed by atoms with E-state index in [4.69, 9.17) is 4.74 Å². The van der Waals surface area contributed by atoms with Crippen molar-refractivity contribution in [3.63, 3.8) is 0 Å². The summed E-state index contributed by atoms with van der Waals surface area (Å²) in [5.74, 6) is -1.17. The highest BCUT2D eigenvalue weighted by Crippen LogP contribution is 2.31. The van der Waals surface area contributed by atoms with Gasteiger partial charge in [0.2, 0.25) is 0 Å². The highest BCUT2D eigenvalue weighted by Gasteiger charge is 2.25. The number of anilines is 1. The van der Waals surface area contributed by atoms with Gasteiger partial charge < -0.3 is 15.2 Å². The molecule has 2 rings (SSSR count). The predicted molar refractivity (Wildman–Crippen MR) is 93.4 cm³/mol. The maximum absolute atomic E-state index is 12.4. The number of carboxylic acids is 1. The molecule has 2 aromatic carbocycles. The predicted octanol–water partition coefficient (Wildman–Crippen LogP) is 2.58. The van der Waals surface area contributed by atoms with Crippen LogP contribution in [0.3, 0.4) is 0 Å². The Hall–Kier alpha value is -3.62. The van der Waals surface area contributed by atoms with Crippen LogP contribution < -0.4 is 15.0 Å². The number of carbonyl (C=O) groups excluding carboxylic acids is 1. The monoisotopic (exact) mass is 359 g/mol. The van der Waals surface area contributed by atoms with Crippen LogP contribution in [-0.2, 0) is 4.79 Å². The van der Waals surface area contributed by atoms with Crippen molar-refractivity contribution >= 4 is 23.4 Å². The molecule has 0 aliphatic heterocycles. The first kappa shape index (κ1) is 18.7. The Bertz CT molecular complexity index is 825. The van der Waals surface area contributed by atoms with Crippen LogP contribution in [0.2, 0.25) is 0 Å². The highest BCUT2D eigenvalue weighted by atomic mass is 16.6. The van der Waals surface area contributed by atoms with Gasteiger partial charge in [0, 0.05) is 13.1 Å². The minimum atomic E-state index is -1.25. The zero-order valence-electron chi connectivity index (χ0n) is 14.1. The van der Waals surface area contributed by atoms with E-state index in [1.54, 1.807) is 30.3 Å². The zero-order chi connectivity index (χ0) is 19.3. The molecule has 2 aromatic rings. The quantitative estimate of drug-likeness (QED) is 0.604. The van der Waals surface area contributed by atoms with Crippen molar-refractivity contribution in [3.8, 4) is 5.75 Å². The lowest BCUT2D eigenvalue weighted by atomic mass is 10.1. The molecule has 0 aliphatic rings. The molecule has 0 saturated heterocycles. The number of nitro benzene ring substituents is 1. The normalized spacial score (nSPS) is 11.3. The molecule has 0 spiro atoms. The Balaban J connectivity index is 2.25. The van der Waals surface area contributed by atoms with Crippen LogP contribution >= 0.6 is 0 Å². The van der Waals surface area contributed by atoms with Crippen molar-refractivity contribution in [2.24, 2.45) is 0 Å². The molecule has 136 valence electrons. The number of carboxylic acid groups (broad SMARTS) is 1. The number of nitro groups is 1. The summed E-state index contributed by atoms with van der Waals surface area (Å²) in [4.78, 5) is 35.5. The summed E-state index contributed by atoms with van der Waals surface area (Å²) in [5, 5.41) is 22.9. The first-order valence-electron chi connectivity index (χ1n) is 7.49. The maximum atomic E-state index is 12.4. The molecule has 0 heterocycles. The van der Waals surface area contributed by atoms with Crippen LogP contribution in [0.5, 0.6) is 5.75 Å². The number of hydrogen-bond acceptors (Lipinski definition) is 5. The lowest BCUT2D eigenvalue weighted by molar-refractivity contribution is -0.385. The van der Waals surface area contributed by atoms with E-state index in [1.165, 1.54) is 32.4 Å². The number of aliphatic carboxylic acids is 1. The fourth-order valence-electron chi connectivity index (χ4n) is 2.30. The summed E-state index contributed by atoms with van der Waals surface area (Å²) in [6.07, 6.45) is 0. The molecular formula is C17H17N3O6. The lowest BCUT2D eigenvalue weighted by Crippen LogP contribution is -2.42. The van der Waals surface area contributed by atoms with Gasteiger partial charge in [0.05, 0.1) is 17.7 Å². The topological polar surface area (TPSA) is 122 Å². The molecule has 0 saturated carbocycles. The lowest BCUT2D eigenvalue weighted by Gasteiger charge is -2.22. The molecule has 9 nitrogen and oxygen atoms in total. The molecule has 1 atom stereocenters. The van der Waals surface area contributed by atoms with Crippen LogP contribution in [0.4, 0.5) is 16.2 Å². The van der Waals surface area contributed by atoms with Crippen molar-refractivity contribution in [2.45, 2.75) is 6.04 Å². The smallest absolute Gasteiger partial charge is 0.330 e. The number of benzene rings is 2. The summed E-state index contributed by atoms with van der Waals surface area (Å²) < 4.78 is 4.92. The van der Waals surface area contributed by atoms with Gasteiger partial charge >= 0.3 is 17.7 Å². The summed E-state index contributed by atoms with van der Waals surface area (Å²) in [5.41, 5.74) is 0.317. The number of hydrogen-bond donors (Lipinski definition) is 2. The van der Waals surface area contributed by atoms with E-state index in [0.717, 1.165) is 4.90 Å². The van der Waals surface area contributed by atoms with E-state index in [9.17, 15) is 24.8 Å². The number of nitrogens with one attached hydrogen (secondary N) is 1. The fourth-order valence-corrected chi connectivity index (χ4v) is 2.30. The second-order valence-electron chi connectivity index (χ2n) is 5.30. The van der Waals surface area contributed by atoms with E-state index < -0.39 is 23.0 Å². The average Bonchev–Trinajstić information content (AvgIpc) is 2.65. The van der Waals surface area contributed by atoms with Gasteiger partial charge in [-0.05, 0) is 17.7 Å². The summed E-state index contributed by atoms with van der Waals surface area (Å²) in [6, 6.07) is 10.2. The molecule has 0 fully saturated rings. The third kappa shape index (κ3) is 4.07. The van der Waals surface area contributed by atoms with Gasteiger partial charge in [0.25, 0.3) is 0 Å². The van der Waals surface area contributed by atoms with Crippen LogP contribution in [0.15, 0.2) is 48.5 Å². The van der Waals surface area contributed by atoms with Crippen LogP contribution in [0.1, 0.15) is 11.6 Å². The Morgan fingerprint density at radius 1 is 1.23 bits per heavy atom. The van der Waals surface area contributed by atoms with Gasteiger partial charge in [-0.1, -0.05) is 30.3 Å². The molecular weight excluding hydrogens is 342 g/mol. The first-order valence-corrected chi connectivity index (χ1v) is 7.49. The minimum absolute atomic E-state index is 0.0558. The van der Waals surface area contributed by atoms with Gasteiger partial charge in [-0.25, -0.2) is 9.59 Å². The fraction of sp³-hybridized carbons (Fsp3) is 0.176. The van der Waals surface area contributed by atoms with Crippen LogP contribution in [-0.4, -0.2) is 36.2 Å². The summed E-state index contributed by atoms with van der Waals surface area (Å²) in [7, 11) is 2.68. The second-order valence-corrected chi connectivity index (χ2v) is 5.30. The van der Waals surface area contributed by atoms with Gasteiger partial charge in [-0.15, -0.1) is 0 Å². The van der Waals surface area contributed by atoms with Crippen molar-refractivity contribution in [1.82, 2.24) is 5.32 Å². The standard InChI is InChI=1S/C17H17N3O6/c1-19(12-8-9-14(26-2)13(10-12)20(24)25)17(23)18-15(16(21)22)11-6-4-3-5-7-11/h3-10,15H,1-2H3,(H,18,23)(H,21,22). The van der Waals surface area contributed by atoms with E-state index in [1.807, 2.05) is 0 Å². The van der Waals surface area contributed by atoms with Crippen molar-refractivity contribution in [1.29, 1.82) is 0 Å². The number of amides is 2. The number of methoxy groups -OCH3 is 1. The molecule has 0 bridgehead atoms. The molecule has 2 N–H and O–H groups in total. The molecule has 0 aromatic heterocycles. The zero-order valence-corrected chi connectivity index (χ0v) is 14.1. The summed E-state index contributed by atoms with van der Waals surface area (Å²) in [6.45, 7) is 0. The summed E-state index contributed by atoms with van der Waals surface area (Å²) >= 11 is 0. The first-order chi connectivity index (χ1) is 12.3. The van der Waals surface area contributed by atoms with E-state index >= 15 is 0 Å². The molecule has 9 heteroatoms. The number of nitrogens with zero attached hydrogens (tertiary/aromatic N) is 2. The molecule has 1 unspecified atom stereocenters. The number of carbonyl (C=O) groups is 2. The van der Waals surface area contributed by atoms with E-state index in [0.29, 0.717) is 5.56 Å². The molecule has 0 aliphatic carbocycles. The Morgan fingerprint density at radius 3 is 2.42 bits per heavy atom. The number of urea groups is 1. The average molecular weight is 359 g/mol. The van der Waals surface area contributed by atoms with Gasteiger partial charge in [-0.3, -0.25) is 15.0 Å². The van der Waals surface area contributed by atoms with Crippen molar-refractivity contribution in [2.75, 3.05) is 19.1 Å². The van der Waals surface area contributed by atoms with Crippen LogP contribution in [0, 0.1) is 10.1 Å². The molecule has 26 heavy (non-hydrogen) atoms. The van der Waals surface area contributed by atoms with Crippen molar-refractivity contribution < 1.29 is 24.4 Å². The van der Waals surface area contributed by atoms with E-state index in [-0.39, 0.29) is 17.1 Å². The van der Waals surface area contributed by atoms with Crippen LogP contribution in [0.25, 0.3) is 0 Å². The maximum Gasteiger partial charge on any atom is 0.330 e. The Labute approximate surface area is 149 Å². The largest absolute Gasteiger partial charge is 0.490 e. The molecule has 0 radical (unpaired) electrons.